The Morgan fingerprint density at radius 2 is 1.94 bits per heavy atom. The molecule has 0 bridgehead atoms. The fraction of sp³-hybridized carbons (Fsp3) is 0.727. The molecule has 0 amide bonds. The molecular formula is C11H18N6. The summed E-state index contributed by atoms with van der Waals surface area (Å²) >= 11 is 0. The van der Waals surface area contributed by atoms with Crippen LogP contribution in [0.4, 0.5) is 17.8 Å². The van der Waals surface area contributed by atoms with Crippen LogP contribution in [-0.2, 0) is 0 Å². The van der Waals surface area contributed by atoms with E-state index in [-0.39, 0.29) is 0 Å². The monoisotopic (exact) mass is 234 g/mol. The molecule has 2 fully saturated rings. The second kappa shape index (κ2) is 4.35. The van der Waals surface area contributed by atoms with Crippen LogP contribution >= 0.6 is 0 Å². The Bertz CT molecular complexity index is 397. The van der Waals surface area contributed by atoms with Crippen molar-refractivity contribution in [3.05, 3.63) is 0 Å². The molecule has 2 aliphatic rings. The second-order valence-corrected chi connectivity index (χ2v) is 4.84. The maximum absolute atomic E-state index is 5.72. The fourth-order valence-corrected chi connectivity index (χ4v) is 2.08. The summed E-state index contributed by atoms with van der Waals surface area (Å²) in [5.74, 6) is 2.43. The Morgan fingerprint density at radius 3 is 2.65 bits per heavy atom. The van der Waals surface area contributed by atoms with Gasteiger partial charge in [-0.25, -0.2) is 0 Å². The van der Waals surface area contributed by atoms with Gasteiger partial charge in [-0.15, -0.1) is 0 Å². The van der Waals surface area contributed by atoms with E-state index < -0.39 is 0 Å². The lowest BCUT2D eigenvalue weighted by atomic mass is 10.4. The molecule has 1 saturated heterocycles. The number of hydrogen-bond acceptors (Lipinski definition) is 6. The molecule has 92 valence electrons. The Kier molecular flexibility index (Phi) is 2.70. The molecule has 0 radical (unpaired) electrons. The molecule has 2 heterocycles. The number of nitrogens with zero attached hydrogens (tertiary/aromatic N) is 4. The van der Waals surface area contributed by atoms with Gasteiger partial charge >= 0.3 is 0 Å². The second-order valence-electron chi connectivity index (χ2n) is 4.84. The van der Waals surface area contributed by atoms with Crippen LogP contribution in [0.3, 0.4) is 0 Å². The smallest absolute Gasteiger partial charge is 0.231 e. The van der Waals surface area contributed by atoms with Crippen LogP contribution in [0.25, 0.3) is 0 Å². The highest BCUT2D eigenvalue weighted by atomic mass is 15.3. The molecule has 1 aliphatic carbocycles. The minimum atomic E-state index is 0.306. The van der Waals surface area contributed by atoms with Crippen molar-refractivity contribution in [2.24, 2.45) is 5.92 Å². The molecule has 0 spiro atoms. The lowest BCUT2D eigenvalue weighted by Gasteiger charge is -2.15. The zero-order valence-electron chi connectivity index (χ0n) is 9.89. The first kappa shape index (κ1) is 10.6. The largest absolute Gasteiger partial charge is 0.368 e. The van der Waals surface area contributed by atoms with Gasteiger partial charge in [0.1, 0.15) is 0 Å². The van der Waals surface area contributed by atoms with Crippen molar-refractivity contribution in [3.63, 3.8) is 0 Å². The summed E-state index contributed by atoms with van der Waals surface area (Å²) < 4.78 is 0. The number of anilines is 3. The lowest BCUT2D eigenvalue weighted by molar-refractivity contribution is 0.851. The first-order valence-electron chi connectivity index (χ1n) is 6.31. The zero-order valence-corrected chi connectivity index (χ0v) is 9.89. The number of aromatic nitrogens is 3. The van der Waals surface area contributed by atoms with Crippen molar-refractivity contribution in [2.75, 3.05) is 35.6 Å². The zero-order chi connectivity index (χ0) is 11.7. The molecule has 0 unspecified atom stereocenters. The average molecular weight is 234 g/mol. The van der Waals surface area contributed by atoms with Gasteiger partial charge in [-0.1, -0.05) is 0 Å². The highest BCUT2D eigenvalue weighted by Gasteiger charge is 2.22. The fourth-order valence-electron chi connectivity index (χ4n) is 2.08. The van der Waals surface area contributed by atoms with Crippen LogP contribution in [0.5, 0.6) is 0 Å². The summed E-state index contributed by atoms with van der Waals surface area (Å²) in [5.41, 5.74) is 5.72. The molecule has 1 aliphatic heterocycles. The van der Waals surface area contributed by atoms with Crippen molar-refractivity contribution >= 4 is 17.8 Å². The number of nitrogens with one attached hydrogen (secondary N) is 1. The molecule has 1 aromatic heterocycles. The summed E-state index contributed by atoms with van der Waals surface area (Å²) in [7, 11) is 0. The summed E-state index contributed by atoms with van der Waals surface area (Å²) in [5, 5.41) is 3.24. The van der Waals surface area contributed by atoms with Gasteiger partial charge in [-0.05, 0) is 31.6 Å². The van der Waals surface area contributed by atoms with Crippen molar-refractivity contribution < 1.29 is 0 Å². The van der Waals surface area contributed by atoms with Gasteiger partial charge < -0.3 is 16.0 Å². The highest BCUT2D eigenvalue weighted by molar-refractivity contribution is 5.42. The predicted molar refractivity (Wildman–Crippen MR) is 66.9 cm³/mol. The van der Waals surface area contributed by atoms with Crippen LogP contribution in [0.1, 0.15) is 25.7 Å². The molecule has 17 heavy (non-hydrogen) atoms. The maximum Gasteiger partial charge on any atom is 0.231 e. The van der Waals surface area contributed by atoms with E-state index in [9.17, 15) is 0 Å². The van der Waals surface area contributed by atoms with Gasteiger partial charge in [0.05, 0.1) is 0 Å². The molecule has 3 rings (SSSR count). The lowest BCUT2D eigenvalue weighted by Crippen LogP contribution is -2.22. The predicted octanol–water partition coefficient (Wildman–Crippen LogP) is 0.876. The number of hydrogen-bond donors (Lipinski definition) is 2. The summed E-state index contributed by atoms with van der Waals surface area (Å²) in [4.78, 5) is 14.9. The van der Waals surface area contributed by atoms with Crippen LogP contribution in [0, 0.1) is 5.92 Å². The van der Waals surface area contributed by atoms with Crippen molar-refractivity contribution in [2.45, 2.75) is 25.7 Å². The van der Waals surface area contributed by atoms with E-state index in [1.54, 1.807) is 0 Å². The normalized spacial score (nSPS) is 19.6. The molecule has 3 N–H and O–H groups in total. The SMILES string of the molecule is Nc1nc(NCC2CC2)nc(N2CCCC2)n1. The number of rotatable bonds is 4. The van der Waals surface area contributed by atoms with E-state index in [2.05, 4.69) is 25.2 Å². The summed E-state index contributed by atoms with van der Waals surface area (Å²) in [6.45, 7) is 2.99. The third kappa shape index (κ3) is 2.57. The molecule has 0 atom stereocenters. The molecular weight excluding hydrogens is 216 g/mol. The van der Waals surface area contributed by atoms with Crippen LogP contribution in [0.15, 0.2) is 0 Å². The van der Waals surface area contributed by atoms with E-state index in [4.69, 9.17) is 5.73 Å². The Hall–Kier alpha value is -1.59. The van der Waals surface area contributed by atoms with E-state index in [1.165, 1.54) is 25.7 Å². The Balaban J connectivity index is 1.73. The van der Waals surface area contributed by atoms with Gasteiger partial charge in [0.2, 0.25) is 17.8 Å². The molecule has 6 heteroatoms. The van der Waals surface area contributed by atoms with Gasteiger partial charge in [0.25, 0.3) is 0 Å². The number of nitrogen functional groups attached to an aromatic ring is 1. The van der Waals surface area contributed by atoms with Crippen molar-refractivity contribution in [3.8, 4) is 0 Å². The Labute approximate surface area is 101 Å². The Morgan fingerprint density at radius 1 is 1.18 bits per heavy atom. The minimum Gasteiger partial charge on any atom is -0.368 e. The molecule has 0 aromatic carbocycles. The van der Waals surface area contributed by atoms with E-state index in [0.29, 0.717) is 17.8 Å². The van der Waals surface area contributed by atoms with Gasteiger partial charge in [-0.3, -0.25) is 0 Å². The topological polar surface area (TPSA) is 80.0 Å². The third-order valence-corrected chi connectivity index (χ3v) is 3.28. The molecule has 1 aromatic rings. The van der Waals surface area contributed by atoms with Crippen LogP contribution in [0.2, 0.25) is 0 Å². The number of nitrogens with two attached hydrogens (primary N) is 1. The quantitative estimate of drug-likeness (QED) is 0.805. The summed E-state index contributed by atoms with van der Waals surface area (Å²) in [6.07, 6.45) is 5.03. The molecule has 6 nitrogen and oxygen atoms in total. The third-order valence-electron chi connectivity index (χ3n) is 3.28. The van der Waals surface area contributed by atoms with E-state index in [0.717, 1.165) is 25.6 Å². The van der Waals surface area contributed by atoms with Crippen molar-refractivity contribution in [1.82, 2.24) is 15.0 Å². The standard InChI is InChI=1S/C11H18N6/c12-9-14-10(13-7-8-3-4-8)16-11(15-9)17-5-1-2-6-17/h8H,1-7H2,(H3,12,13,14,15,16). The highest BCUT2D eigenvalue weighted by Crippen LogP contribution is 2.28. The van der Waals surface area contributed by atoms with Crippen LogP contribution in [-0.4, -0.2) is 34.6 Å². The minimum absolute atomic E-state index is 0.306. The average Bonchev–Trinajstić information content (AvgIpc) is 2.98. The van der Waals surface area contributed by atoms with Gasteiger partial charge in [0, 0.05) is 19.6 Å². The maximum atomic E-state index is 5.72. The van der Waals surface area contributed by atoms with E-state index in [1.807, 2.05) is 0 Å². The first-order valence-corrected chi connectivity index (χ1v) is 6.31. The van der Waals surface area contributed by atoms with Crippen LogP contribution < -0.4 is 16.0 Å². The summed E-state index contributed by atoms with van der Waals surface area (Å²) in [6, 6.07) is 0. The first-order chi connectivity index (χ1) is 8.31. The van der Waals surface area contributed by atoms with Crippen molar-refractivity contribution in [1.29, 1.82) is 0 Å². The van der Waals surface area contributed by atoms with Gasteiger partial charge in [-0.2, -0.15) is 15.0 Å². The van der Waals surface area contributed by atoms with E-state index >= 15 is 0 Å². The molecule has 1 saturated carbocycles. The van der Waals surface area contributed by atoms with Gasteiger partial charge in [0.15, 0.2) is 0 Å².